The number of nitrogens with one attached hydrogen (secondary N) is 1. The van der Waals surface area contributed by atoms with Gasteiger partial charge in [-0.05, 0) is 50.2 Å². The van der Waals surface area contributed by atoms with Gasteiger partial charge in [0, 0.05) is 24.4 Å². The van der Waals surface area contributed by atoms with Crippen molar-refractivity contribution in [3.05, 3.63) is 59.4 Å². The number of aryl methyl sites for hydroxylation is 1. The van der Waals surface area contributed by atoms with Crippen LogP contribution in [0, 0.1) is 6.92 Å². The highest BCUT2D eigenvalue weighted by molar-refractivity contribution is 5.30. The van der Waals surface area contributed by atoms with E-state index in [2.05, 4.69) is 41.5 Å². The second kappa shape index (κ2) is 7.06. The number of nitrogens with zero attached hydrogens (tertiary/aromatic N) is 1. The molecule has 0 aliphatic rings. The Balaban J connectivity index is 2.09. The van der Waals surface area contributed by atoms with Gasteiger partial charge in [-0.3, -0.25) is 4.98 Å². The van der Waals surface area contributed by atoms with Crippen LogP contribution in [-0.4, -0.2) is 18.6 Å². The number of hydrogen-bond acceptors (Lipinski definition) is 3. The Bertz CT molecular complexity index is 520. The minimum atomic E-state index is 0.265. The molecule has 0 saturated heterocycles. The first-order valence-electron chi connectivity index (χ1n) is 7.04. The minimum absolute atomic E-state index is 0.265. The molecule has 1 heterocycles. The standard InChI is InChI=1S/C17H22N2O/c1-4-20-16-9-6-14(7-10-16)17(18-3)11-15-8-5-13(2)12-19-15/h5-10,12,17-18H,4,11H2,1-3H3. The zero-order valence-electron chi connectivity index (χ0n) is 12.4. The van der Waals surface area contributed by atoms with E-state index in [9.17, 15) is 0 Å². The summed E-state index contributed by atoms with van der Waals surface area (Å²) in [5, 5.41) is 3.35. The van der Waals surface area contributed by atoms with E-state index in [1.807, 2.05) is 32.3 Å². The lowest BCUT2D eigenvalue weighted by atomic mass is 10.0. The molecular formula is C17H22N2O. The molecule has 0 aliphatic carbocycles. The molecule has 2 rings (SSSR count). The maximum Gasteiger partial charge on any atom is 0.119 e. The molecule has 3 nitrogen and oxygen atoms in total. The molecule has 0 aliphatic heterocycles. The molecule has 106 valence electrons. The molecule has 0 fully saturated rings. The number of likely N-dealkylation sites (N-methyl/N-ethyl adjacent to an activating group) is 1. The third-order valence-electron chi connectivity index (χ3n) is 3.33. The minimum Gasteiger partial charge on any atom is -0.494 e. The first-order chi connectivity index (χ1) is 9.72. The summed E-state index contributed by atoms with van der Waals surface area (Å²) in [6, 6.07) is 12.7. The maximum atomic E-state index is 5.47. The third kappa shape index (κ3) is 3.81. The molecule has 2 aromatic rings. The molecule has 0 saturated carbocycles. The Hall–Kier alpha value is -1.87. The fraction of sp³-hybridized carbons (Fsp3) is 0.353. The highest BCUT2D eigenvalue weighted by Gasteiger charge is 2.11. The van der Waals surface area contributed by atoms with Crippen LogP contribution in [0.1, 0.15) is 29.8 Å². The summed E-state index contributed by atoms with van der Waals surface area (Å²) in [5.41, 5.74) is 3.54. The first-order valence-corrected chi connectivity index (χ1v) is 7.04. The SMILES string of the molecule is CCOc1ccc(C(Cc2ccc(C)cn2)NC)cc1. The number of aromatic nitrogens is 1. The van der Waals surface area contributed by atoms with Gasteiger partial charge >= 0.3 is 0 Å². The van der Waals surface area contributed by atoms with Crippen LogP contribution in [0.25, 0.3) is 0 Å². The van der Waals surface area contributed by atoms with Gasteiger partial charge in [-0.15, -0.1) is 0 Å². The van der Waals surface area contributed by atoms with Crippen LogP contribution in [0.15, 0.2) is 42.6 Å². The maximum absolute atomic E-state index is 5.47. The molecule has 1 aromatic heterocycles. The van der Waals surface area contributed by atoms with Gasteiger partial charge in [-0.2, -0.15) is 0 Å². The number of benzene rings is 1. The lowest BCUT2D eigenvalue weighted by molar-refractivity contribution is 0.340. The molecule has 0 amide bonds. The molecule has 0 radical (unpaired) electrons. The molecule has 1 atom stereocenters. The molecule has 1 N–H and O–H groups in total. The zero-order chi connectivity index (χ0) is 14.4. The van der Waals surface area contributed by atoms with Gasteiger partial charge in [-0.1, -0.05) is 18.2 Å². The van der Waals surface area contributed by atoms with Crippen LogP contribution >= 0.6 is 0 Å². The van der Waals surface area contributed by atoms with Crippen molar-refractivity contribution < 1.29 is 4.74 Å². The summed E-state index contributed by atoms with van der Waals surface area (Å²) < 4.78 is 5.47. The van der Waals surface area contributed by atoms with E-state index in [-0.39, 0.29) is 6.04 Å². The van der Waals surface area contributed by atoms with Crippen LogP contribution in [0.2, 0.25) is 0 Å². The lowest BCUT2D eigenvalue weighted by Gasteiger charge is -2.17. The Morgan fingerprint density at radius 1 is 1.15 bits per heavy atom. The fourth-order valence-corrected chi connectivity index (χ4v) is 2.18. The number of hydrogen-bond donors (Lipinski definition) is 1. The largest absolute Gasteiger partial charge is 0.494 e. The quantitative estimate of drug-likeness (QED) is 0.874. The summed E-state index contributed by atoms with van der Waals surface area (Å²) in [4.78, 5) is 4.47. The summed E-state index contributed by atoms with van der Waals surface area (Å²) >= 11 is 0. The third-order valence-corrected chi connectivity index (χ3v) is 3.33. The average molecular weight is 270 g/mol. The van der Waals surface area contributed by atoms with E-state index < -0.39 is 0 Å². The molecule has 3 heteroatoms. The Kier molecular flexibility index (Phi) is 5.13. The van der Waals surface area contributed by atoms with Gasteiger partial charge in [0.05, 0.1) is 6.61 Å². The predicted molar refractivity (Wildman–Crippen MR) is 82.1 cm³/mol. The van der Waals surface area contributed by atoms with E-state index in [4.69, 9.17) is 4.74 Å². The van der Waals surface area contributed by atoms with Gasteiger partial charge in [0.1, 0.15) is 5.75 Å². The fourth-order valence-electron chi connectivity index (χ4n) is 2.18. The molecule has 0 spiro atoms. The van der Waals surface area contributed by atoms with Crippen molar-refractivity contribution in [3.63, 3.8) is 0 Å². The van der Waals surface area contributed by atoms with E-state index in [1.165, 1.54) is 11.1 Å². The van der Waals surface area contributed by atoms with Crippen molar-refractivity contribution in [2.24, 2.45) is 0 Å². The van der Waals surface area contributed by atoms with Gasteiger partial charge in [-0.25, -0.2) is 0 Å². The van der Waals surface area contributed by atoms with E-state index in [0.29, 0.717) is 6.61 Å². The average Bonchev–Trinajstić information content (AvgIpc) is 2.48. The number of rotatable bonds is 6. The second-order valence-corrected chi connectivity index (χ2v) is 4.87. The van der Waals surface area contributed by atoms with Gasteiger partial charge in [0.15, 0.2) is 0 Å². The van der Waals surface area contributed by atoms with Crippen molar-refractivity contribution in [2.75, 3.05) is 13.7 Å². The van der Waals surface area contributed by atoms with Crippen molar-refractivity contribution in [1.82, 2.24) is 10.3 Å². The lowest BCUT2D eigenvalue weighted by Crippen LogP contribution is -2.19. The van der Waals surface area contributed by atoms with Crippen LogP contribution in [0.4, 0.5) is 0 Å². The number of pyridine rings is 1. The highest BCUT2D eigenvalue weighted by Crippen LogP contribution is 2.20. The second-order valence-electron chi connectivity index (χ2n) is 4.87. The van der Waals surface area contributed by atoms with E-state index >= 15 is 0 Å². The highest BCUT2D eigenvalue weighted by atomic mass is 16.5. The van der Waals surface area contributed by atoms with Crippen LogP contribution in [0.5, 0.6) is 5.75 Å². The van der Waals surface area contributed by atoms with Crippen LogP contribution in [-0.2, 0) is 6.42 Å². The summed E-state index contributed by atoms with van der Waals surface area (Å²) in [5.74, 6) is 0.916. The molecule has 0 bridgehead atoms. The molecule has 1 aromatic carbocycles. The Morgan fingerprint density at radius 3 is 2.45 bits per heavy atom. The zero-order valence-corrected chi connectivity index (χ0v) is 12.4. The van der Waals surface area contributed by atoms with Gasteiger partial charge in [0.2, 0.25) is 0 Å². The first kappa shape index (κ1) is 14.5. The van der Waals surface area contributed by atoms with E-state index in [1.54, 1.807) is 0 Å². The van der Waals surface area contributed by atoms with E-state index in [0.717, 1.165) is 17.9 Å². The van der Waals surface area contributed by atoms with Gasteiger partial charge < -0.3 is 10.1 Å². The Labute approximate surface area is 121 Å². The van der Waals surface area contributed by atoms with Crippen LogP contribution < -0.4 is 10.1 Å². The predicted octanol–water partition coefficient (Wildman–Crippen LogP) is 3.29. The van der Waals surface area contributed by atoms with Crippen LogP contribution in [0.3, 0.4) is 0 Å². The number of ether oxygens (including phenoxy) is 1. The topological polar surface area (TPSA) is 34.1 Å². The summed E-state index contributed by atoms with van der Waals surface area (Å²) in [7, 11) is 1.98. The summed E-state index contributed by atoms with van der Waals surface area (Å²) in [6.45, 7) is 4.74. The normalized spacial score (nSPS) is 12.2. The monoisotopic (exact) mass is 270 g/mol. The molecule has 1 unspecified atom stereocenters. The van der Waals surface area contributed by atoms with Gasteiger partial charge in [0.25, 0.3) is 0 Å². The van der Waals surface area contributed by atoms with Crippen molar-refractivity contribution in [1.29, 1.82) is 0 Å². The molecule has 20 heavy (non-hydrogen) atoms. The molecular weight excluding hydrogens is 248 g/mol. The van der Waals surface area contributed by atoms with Crippen molar-refractivity contribution >= 4 is 0 Å². The Morgan fingerprint density at radius 2 is 1.90 bits per heavy atom. The van der Waals surface area contributed by atoms with Crippen molar-refractivity contribution in [3.8, 4) is 5.75 Å². The summed E-state index contributed by atoms with van der Waals surface area (Å²) in [6.07, 6.45) is 2.80. The van der Waals surface area contributed by atoms with Crippen molar-refractivity contribution in [2.45, 2.75) is 26.3 Å². The smallest absolute Gasteiger partial charge is 0.119 e.